The molecule has 0 aromatic carbocycles. The molecule has 1 amide bonds. The predicted molar refractivity (Wildman–Crippen MR) is 82.8 cm³/mol. The van der Waals surface area contributed by atoms with Gasteiger partial charge in [-0.2, -0.15) is 12.6 Å². The van der Waals surface area contributed by atoms with Gasteiger partial charge in [0.2, 0.25) is 5.91 Å². The quantitative estimate of drug-likeness (QED) is 0.627. The van der Waals surface area contributed by atoms with Gasteiger partial charge in [-0.1, -0.05) is 19.8 Å². The number of thiol groups is 1. The Morgan fingerprint density at radius 3 is 2.30 bits per heavy atom. The molecule has 1 atom stereocenters. The standard InChI is InChI=1S/C15H27NO3S/c1-11(10-20)14(18)16(12-7-5-6-8-12)9-13(17)19-15(2,3)4/h11-12,20H,5-10H2,1-4H3. The van der Waals surface area contributed by atoms with Crippen LogP contribution in [0.25, 0.3) is 0 Å². The Labute approximate surface area is 127 Å². The van der Waals surface area contributed by atoms with Gasteiger partial charge in [0.1, 0.15) is 12.1 Å². The molecule has 20 heavy (non-hydrogen) atoms. The lowest BCUT2D eigenvalue weighted by molar-refractivity contribution is -0.160. The Kier molecular flexibility index (Phi) is 6.37. The first-order chi connectivity index (χ1) is 9.24. The topological polar surface area (TPSA) is 46.6 Å². The molecule has 1 fully saturated rings. The van der Waals surface area contributed by atoms with E-state index in [-0.39, 0.29) is 30.4 Å². The lowest BCUT2D eigenvalue weighted by Gasteiger charge is -2.31. The molecule has 0 spiro atoms. The smallest absolute Gasteiger partial charge is 0.326 e. The third-order valence-electron chi connectivity index (χ3n) is 3.46. The summed E-state index contributed by atoms with van der Waals surface area (Å²) in [5, 5.41) is 0. The number of ether oxygens (including phenoxy) is 1. The first-order valence-corrected chi connectivity index (χ1v) is 8.01. The van der Waals surface area contributed by atoms with Crippen molar-refractivity contribution in [3.8, 4) is 0 Å². The van der Waals surface area contributed by atoms with Crippen LogP contribution in [0.15, 0.2) is 0 Å². The number of amides is 1. The van der Waals surface area contributed by atoms with Gasteiger partial charge in [-0.25, -0.2) is 0 Å². The minimum absolute atomic E-state index is 0.0118. The molecule has 1 aliphatic carbocycles. The number of carbonyl (C=O) groups excluding carboxylic acids is 2. The number of rotatable bonds is 5. The van der Waals surface area contributed by atoms with Crippen LogP contribution in [-0.4, -0.2) is 40.7 Å². The summed E-state index contributed by atoms with van der Waals surface area (Å²) in [6, 6.07) is 0.178. The molecule has 0 radical (unpaired) electrons. The summed E-state index contributed by atoms with van der Waals surface area (Å²) < 4.78 is 5.34. The molecule has 1 rings (SSSR count). The largest absolute Gasteiger partial charge is 0.459 e. The van der Waals surface area contributed by atoms with E-state index < -0.39 is 5.60 Å². The van der Waals surface area contributed by atoms with Gasteiger partial charge in [0.15, 0.2) is 0 Å². The minimum atomic E-state index is -0.517. The summed E-state index contributed by atoms with van der Waals surface area (Å²) in [5.41, 5.74) is -0.517. The lowest BCUT2D eigenvalue weighted by Crippen LogP contribution is -2.46. The van der Waals surface area contributed by atoms with E-state index in [1.54, 1.807) is 4.90 Å². The average Bonchev–Trinajstić information content (AvgIpc) is 2.85. The summed E-state index contributed by atoms with van der Waals surface area (Å²) in [6.45, 7) is 7.42. The van der Waals surface area contributed by atoms with Crippen molar-refractivity contribution >= 4 is 24.5 Å². The molecular formula is C15H27NO3S. The van der Waals surface area contributed by atoms with Crippen LogP contribution in [0.4, 0.5) is 0 Å². The molecule has 0 aliphatic heterocycles. The molecule has 4 nitrogen and oxygen atoms in total. The normalized spacial score (nSPS) is 17.9. The fourth-order valence-electron chi connectivity index (χ4n) is 2.48. The van der Waals surface area contributed by atoms with Crippen molar-refractivity contribution in [2.45, 2.75) is 65.0 Å². The fraction of sp³-hybridized carbons (Fsp3) is 0.867. The Morgan fingerprint density at radius 2 is 1.85 bits per heavy atom. The highest BCUT2D eigenvalue weighted by atomic mass is 32.1. The molecule has 0 bridgehead atoms. The molecule has 0 N–H and O–H groups in total. The monoisotopic (exact) mass is 301 g/mol. The Hall–Kier alpha value is -0.710. The number of esters is 1. The number of hydrogen-bond donors (Lipinski definition) is 1. The third kappa shape index (κ3) is 5.35. The average molecular weight is 301 g/mol. The van der Waals surface area contributed by atoms with Crippen LogP contribution < -0.4 is 0 Å². The van der Waals surface area contributed by atoms with Crippen LogP contribution >= 0.6 is 12.6 Å². The summed E-state index contributed by atoms with van der Waals surface area (Å²) in [6.07, 6.45) is 4.21. The second kappa shape index (κ2) is 7.34. The number of nitrogens with zero attached hydrogens (tertiary/aromatic N) is 1. The third-order valence-corrected chi connectivity index (χ3v) is 4.01. The molecule has 0 aromatic rings. The highest BCUT2D eigenvalue weighted by Crippen LogP contribution is 2.25. The second-order valence-electron chi connectivity index (χ2n) is 6.57. The summed E-state index contributed by atoms with van der Waals surface area (Å²) in [5.74, 6) is 0.0133. The summed E-state index contributed by atoms with van der Waals surface area (Å²) >= 11 is 4.19. The van der Waals surface area contributed by atoms with Gasteiger partial charge in [-0.3, -0.25) is 9.59 Å². The van der Waals surface area contributed by atoms with Crippen molar-refractivity contribution in [3.63, 3.8) is 0 Å². The molecule has 1 saturated carbocycles. The zero-order chi connectivity index (χ0) is 15.3. The van der Waals surface area contributed by atoms with Crippen LogP contribution in [0.2, 0.25) is 0 Å². The van der Waals surface area contributed by atoms with Gasteiger partial charge in [-0.05, 0) is 33.6 Å². The van der Waals surface area contributed by atoms with Crippen LogP contribution in [0, 0.1) is 5.92 Å². The molecule has 116 valence electrons. The maximum Gasteiger partial charge on any atom is 0.326 e. The Balaban J connectivity index is 2.72. The van der Waals surface area contributed by atoms with E-state index in [1.807, 2.05) is 27.7 Å². The molecule has 1 aliphatic rings. The van der Waals surface area contributed by atoms with Gasteiger partial charge < -0.3 is 9.64 Å². The molecule has 5 heteroatoms. The van der Waals surface area contributed by atoms with Gasteiger partial charge in [0.25, 0.3) is 0 Å². The van der Waals surface area contributed by atoms with Crippen molar-refractivity contribution in [2.24, 2.45) is 5.92 Å². The summed E-state index contributed by atoms with van der Waals surface area (Å²) in [4.78, 5) is 26.1. The van der Waals surface area contributed by atoms with Crippen molar-refractivity contribution in [1.29, 1.82) is 0 Å². The van der Waals surface area contributed by atoms with E-state index in [4.69, 9.17) is 4.74 Å². The van der Waals surface area contributed by atoms with Crippen molar-refractivity contribution < 1.29 is 14.3 Å². The van der Waals surface area contributed by atoms with Crippen LogP contribution in [-0.2, 0) is 14.3 Å². The molecule has 0 aromatic heterocycles. The van der Waals surface area contributed by atoms with Gasteiger partial charge in [0, 0.05) is 17.7 Å². The van der Waals surface area contributed by atoms with Gasteiger partial charge in [0.05, 0.1) is 0 Å². The van der Waals surface area contributed by atoms with Crippen molar-refractivity contribution in [2.75, 3.05) is 12.3 Å². The van der Waals surface area contributed by atoms with E-state index >= 15 is 0 Å². The van der Waals surface area contributed by atoms with Crippen LogP contribution in [0.3, 0.4) is 0 Å². The zero-order valence-electron chi connectivity index (χ0n) is 13.0. The van der Waals surface area contributed by atoms with E-state index in [2.05, 4.69) is 12.6 Å². The van der Waals surface area contributed by atoms with Crippen molar-refractivity contribution in [3.05, 3.63) is 0 Å². The van der Waals surface area contributed by atoms with E-state index in [0.717, 1.165) is 25.7 Å². The Bertz CT molecular complexity index is 346. The van der Waals surface area contributed by atoms with Gasteiger partial charge >= 0.3 is 5.97 Å². The second-order valence-corrected chi connectivity index (χ2v) is 6.94. The van der Waals surface area contributed by atoms with Crippen molar-refractivity contribution in [1.82, 2.24) is 4.90 Å². The van der Waals surface area contributed by atoms with Crippen LogP contribution in [0.1, 0.15) is 53.4 Å². The number of carbonyl (C=O) groups is 2. The highest BCUT2D eigenvalue weighted by Gasteiger charge is 2.31. The number of hydrogen-bond acceptors (Lipinski definition) is 4. The Morgan fingerprint density at radius 1 is 1.30 bits per heavy atom. The predicted octanol–water partition coefficient (Wildman–Crippen LogP) is 2.67. The van der Waals surface area contributed by atoms with E-state index in [1.165, 1.54) is 0 Å². The zero-order valence-corrected chi connectivity index (χ0v) is 13.9. The van der Waals surface area contributed by atoms with Gasteiger partial charge in [-0.15, -0.1) is 0 Å². The SMILES string of the molecule is CC(CS)C(=O)N(CC(=O)OC(C)(C)C)C1CCCC1. The maximum absolute atomic E-state index is 12.4. The minimum Gasteiger partial charge on any atom is -0.459 e. The first-order valence-electron chi connectivity index (χ1n) is 7.38. The highest BCUT2D eigenvalue weighted by molar-refractivity contribution is 7.80. The molecule has 0 saturated heterocycles. The molecular weight excluding hydrogens is 274 g/mol. The van der Waals surface area contributed by atoms with E-state index in [0.29, 0.717) is 5.75 Å². The lowest BCUT2D eigenvalue weighted by atomic mass is 10.1. The molecule has 1 unspecified atom stereocenters. The fourth-order valence-corrected chi connectivity index (χ4v) is 2.63. The molecule has 0 heterocycles. The van der Waals surface area contributed by atoms with E-state index in [9.17, 15) is 9.59 Å². The maximum atomic E-state index is 12.4. The summed E-state index contributed by atoms with van der Waals surface area (Å²) in [7, 11) is 0. The first kappa shape index (κ1) is 17.3. The van der Waals surface area contributed by atoms with Crippen LogP contribution in [0.5, 0.6) is 0 Å².